The maximum atomic E-state index is 13.3. The van der Waals surface area contributed by atoms with Crippen LogP contribution in [0.2, 0.25) is 5.02 Å². The number of hydrogen-bond donors (Lipinski definition) is 1. The van der Waals surface area contributed by atoms with Crippen molar-refractivity contribution in [2.24, 2.45) is 0 Å². The van der Waals surface area contributed by atoms with Gasteiger partial charge in [0.15, 0.2) is 0 Å². The molecule has 2 atom stereocenters. The molecule has 2 aromatic rings. The summed E-state index contributed by atoms with van der Waals surface area (Å²) in [5, 5.41) is 3.30. The monoisotopic (exact) mass is 491 g/mol. The molecule has 1 aliphatic heterocycles. The largest absolute Gasteiger partial charge is 0.352 e. The lowest BCUT2D eigenvalue weighted by atomic mass is 10.1. The van der Waals surface area contributed by atoms with E-state index in [-0.39, 0.29) is 29.0 Å². The van der Waals surface area contributed by atoms with Gasteiger partial charge < -0.3 is 10.2 Å². The Bertz CT molecular complexity index is 1180. The molecule has 176 valence electrons. The number of carbonyl (C=O) groups is 3. The number of hydrogen-bond acceptors (Lipinski definition) is 5. The van der Waals surface area contributed by atoms with Gasteiger partial charge in [0.1, 0.15) is 17.5 Å². The number of nitrogens with one attached hydrogen (secondary N) is 1. The molecule has 0 saturated heterocycles. The summed E-state index contributed by atoms with van der Waals surface area (Å²) in [4.78, 5) is 40.0. The summed E-state index contributed by atoms with van der Waals surface area (Å²) < 4.78 is 26.3. The number of rotatable bonds is 8. The first-order chi connectivity index (χ1) is 15.6. The van der Waals surface area contributed by atoms with Crippen LogP contribution < -0.4 is 5.32 Å². The Labute approximate surface area is 198 Å². The molecule has 3 amide bonds. The van der Waals surface area contributed by atoms with Crippen molar-refractivity contribution in [2.75, 3.05) is 6.54 Å². The van der Waals surface area contributed by atoms with Gasteiger partial charge in [0.25, 0.3) is 15.9 Å². The number of carbonyl (C=O) groups excluding carboxylic acids is 3. The highest BCUT2D eigenvalue weighted by Crippen LogP contribution is 2.30. The van der Waals surface area contributed by atoms with Crippen molar-refractivity contribution in [2.45, 2.75) is 50.7 Å². The third-order valence-electron chi connectivity index (χ3n) is 5.60. The highest BCUT2D eigenvalue weighted by Gasteiger charge is 2.43. The van der Waals surface area contributed by atoms with Crippen molar-refractivity contribution in [3.8, 4) is 0 Å². The van der Waals surface area contributed by atoms with Gasteiger partial charge in [0, 0.05) is 17.6 Å². The van der Waals surface area contributed by atoms with E-state index in [0.717, 1.165) is 0 Å². The van der Waals surface area contributed by atoms with Crippen LogP contribution in [0.25, 0.3) is 0 Å². The van der Waals surface area contributed by atoms with E-state index in [1.165, 1.54) is 23.1 Å². The van der Waals surface area contributed by atoms with Gasteiger partial charge in [0.05, 0.1) is 5.56 Å². The van der Waals surface area contributed by atoms with Crippen molar-refractivity contribution < 1.29 is 22.8 Å². The van der Waals surface area contributed by atoms with Crippen molar-refractivity contribution in [1.29, 1.82) is 0 Å². The zero-order chi connectivity index (χ0) is 24.3. The van der Waals surface area contributed by atoms with Gasteiger partial charge in [-0.05, 0) is 50.1 Å². The SMILES string of the molecule is CCC(C)NC(=O)C(C)N(Cc1cccc(Cl)c1)C(=O)CN1C(=O)c2ccccc2S1(=O)=O. The summed E-state index contributed by atoms with van der Waals surface area (Å²) in [6.45, 7) is 4.64. The maximum Gasteiger partial charge on any atom is 0.269 e. The zero-order valence-corrected chi connectivity index (χ0v) is 20.2. The summed E-state index contributed by atoms with van der Waals surface area (Å²) in [7, 11) is -4.16. The molecule has 10 heteroatoms. The minimum absolute atomic E-state index is 0.0174. The van der Waals surface area contributed by atoms with Crippen molar-refractivity contribution in [3.63, 3.8) is 0 Å². The molecule has 3 rings (SSSR count). The second-order valence-electron chi connectivity index (χ2n) is 7.96. The molecule has 2 aromatic carbocycles. The van der Waals surface area contributed by atoms with E-state index >= 15 is 0 Å². The molecule has 33 heavy (non-hydrogen) atoms. The summed E-state index contributed by atoms with van der Waals surface area (Å²) in [5.74, 6) is -1.82. The molecule has 1 aliphatic rings. The van der Waals surface area contributed by atoms with Crippen LogP contribution >= 0.6 is 11.6 Å². The quantitative estimate of drug-likeness (QED) is 0.611. The molecular weight excluding hydrogens is 466 g/mol. The van der Waals surface area contributed by atoms with Crippen LogP contribution in [0, 0.1) is 0 Å². The number of halogens is 1. The first-order valence-corrected chi connectivity index (χ1v) is 12.4. The number of benzene rings is 2. The van der Waals surface area contributed by atoms with E-state index in [4.69, 9.17) is 11.6 Å². The molecule has 1 N–H and O–H groups in total. The van der Waals surface area contributed by atoms with Crippen LogP contribution in [0.3, 0.4) is 0 Å². The Hall–Kier alpha value is -2.91. The van der Waals surface area contributed by atoms with Crippen molar-refractivity contribution in [1.82, 2.24) is 14.5 Å². The van der Waals surface area contributed by atoms with E-state index < -0.39 is 34.4 Å². The first kappa shape index (κ1) is 24.7. The molecule has 1 heterocycles. The lowest BCUT2D eigenvalue weighted by molar-refractivity contribution is -0.140. The smallest absolute Gasteiger partial charge is 0.269 e. The average Bonchev–Trinajstić information content (AvgIpc) is 2.97. The van der Waals surface area contributed by atoms with E-state index in [1.807, 2.05) is 13.8 Å². The standard InChI is InChI=1S/C23H26ClN3O5S/c1-4-15(2)25-22(29)16(3)26(13-17-8-7-9-18(24)12-17)21(28)14-27-23(30)19-10-5-6-11-20(19)33(27,31)32/h5-12,15-16H,4,13-14H2,1-3H3,(H,25,29). The topological polar surface area (TPSA) is 104 Å². The Balaban J connectivity index is 1.89. The number of fused-ring (bicyclic) bond motifs is 1. The van der Waals surface area contributed by atoms with Crippen molar-refractivity contribution >= 4 is 39.3 Å². The third kappa shape index (κ3) is 5.20. The fraction of sp³-hybridized carbons (Fsp3) is 0.348. The number of sulfonamides is 1. The Morgan fingerprint density at radius 2 is 1.82 bits per heavy atom. The molecule has 0 radical (unpaired) electrons. The first-order valence-electron chi connectivity index (χ1n) is 10.6. The molecular formula is C23H26ClN3O5S. The van der Waals surface area contributed by atoms with Crippen LogP contribution in [0.4, 0.5) is 0 Å². The molecule has 8 nitrogen and oxygen atoms in total. The summed E-state index contributed by atoms with van der Waals surface area (Å²) in [6, 6.07) is 11.6. The van der Waals surface area contributed by atoms with Gasteiger partial charge >= 0.3 is 0 Å². The van der Waals surface area contributed by atoms with Crippen molar-refractivity contribution in [3.05, 3.63) is 64.7 Å². The second kappa shape index (κ2) is 9.93. The summed E-state index contributed by atoms with van der Waals surface area (Å²) in [6.07, 6.45) is 0.708. The third-order valence-corrected chi connectivity index (χ3v) is 7.62. The Kier molecular flexibility index (Phi) is 7.44. The normalized spacial score (nSPS) is 16.1. The summed E-state index contributed by atoms with van der Waals surface area (Å²) >= 11 is 6.07. The van der Waals surface area contributed by atoms with E-state index in [0.29, 0.717) is 21.3 Å². The van der Waals surface area contributed by atoms with Crippen LogP contribution in [0.5, 0.6) is 0 Å². The van der Waals surface area contributed by atoms with E-state index in [2.05, 4.69) is 5.32 Å². The van der Waals surface area contributed by atoms with Gasteiger partial charge in [-0.1, -0.05) is 42.8 Å². The molecule has 0 fully saturated rings. The molecule has 0 saturated carbocycles. The Morgan fingerprint density at radius 1 is 1.12 bits per heavy atom. The minimum atomic E-state index is -4.16. The van der Waals surface area contributed by atoms with Gasteiger partial charge in [-0.2, -0.15) is 0 Å². The lowest BCUT2D eigenvalue weighted by Gasteiger charge is -2.30. The predicted octanol–water partition coefficient (Wildman–Crippen LogP) is 2.82. The fourth-order valence-corrected chi connectivity index (χ4v) is 5.21. The molecule has 0 aliphatic carbocycles. The minimum Gasteiger partial charge on any atom is -0.352 e. The van der Waals surface area contributed by atoms with Crippen LogP contribution in [0.15, 0.2) is 53.4 Å². The highest BCUT2D eigenvalue weighted by atomic mass is 35.5. The Morgan fingerprint density at radius 3 is 2.45 bits per heavy atom. The van der Waals surface area contributed by atoms with Crippen LogP contribution in [-0.2, 0) is 26.2 Å². The van der Waals surface area contributed by atoms with E-state index in [9.17, 15) is 22.8 Å². The average molecular weight is 492 g/mol. The lowest BCUT2D eigenvalue weighted by Crippen LogP contribution is -2.52. The molecule has 0 bridgehead atoms. The van der Waals surface area contributed by atoms with Gasteiger partial charge in [-0.3, -0.25) is 14.4 Å². The van der Waals surface area contributed by atoms with Crippen LogP contribution in [-0.4, -0.2) is 54.0 Å². The number of nitrogens with zero attached hydrogens (tertiary/aromatic N) is 2. The molecule has 0 spiro atoms. The van der Waals surface area contributed by atoms with Gasteiger partial charge in [-0.15, -0.1) is 0 Å². The highest BCUT2D eigenvalue weighted by molar-refractivity contribution is 7.90. The maximum absolute atomic E-state index is 13.3. The van der Waals surface area contributed by atoms with Gasteiger partial charge in [0.2, 0.25) is 11.8 Å². The van der Waals surface area contributed by atoms with Crippen LogP contribution in [0.1, 0.15) is 43.1 Å². The molecule has 2 unspecified atom stereocenters. The van der Waals surface area contributed by atoms with Gasteiger partial charge in [-0.25, -0.2) is 12.7 Å². The molecule has 0 aromatic heterocycles. The summed E-state index contributed by atoms with van der Waals surface area (Å²) in [5.41, 5.74) is 0.687. The second-order valence-corrected chi connectivity index (χ2v) is 10.2. The predicted molar refractivity (Wildman–Crippen MR) is 124 cm³/mol. The fourth-order valence-electron chi connectivity index (χ4n) is 3.48. The zero-order valence-electron chi connectivity index (χ0n) is 18.6. The van der Waals surface area contributed by atoms with E-state index in [1.54, 1.807) is 37.3 Å². The number of amides is 3.